The Morgan fingerprint density at radius 2 is 1.88 bits per heavy atom. The Morgan fingerprint density at radius 1 is 1.17 bits per heavy atom. The molecule has 7 heteroatoms. The van der Waals surface area contributed by atoms with E-state index in [4.69, 9.17) is 4.74 Å². The highest BCUT2D eigenvalue weighted by Crippen LogP contribution is 2.15. The van der Waals surface area contributed by atoms with Gasteiger partial charge in [-0.25, -0.2) is 4.79 Å². The maximum Gasteiger partial charge on any atom is 0.411 e. The van der Waals surface area contributed by atoms with Crippen LogP contribution in [0.4, 0.5) is 16.2 Å². The second kappa shape index (κ2) is 8.93. The van der Waals surface area contributed by atoms with E-state index in [9.17, 15) is 9.59 Å². The van der Waals surface area contributed by atoms with Crippen LogP contribution in [0.25, 0.3) is 0 Å². The summed E-state index contributed by atoms with van der Waals surface area (Å²) in [6.07, 6.45) is -0.487. The molecule has 0 fully saturated rings. The van der Waals surface area contributed by atoms with Crippen molar-refractivity contribution in [1.29, 1.82) is 0 Å². The third kappa shape index (κ3) is 5.58. The van der Waals surface area contributed by atoms with E-state index in [0.29, 0.717) is 18.8 Å². The molecular weight excluding hydrogens is 326 g/mol. The molecule has 0 spiro atoms. The van der Waals surface area contributed by atoms with Gasteiger partial charge in [0.1, 0.15) is 6.04 Å². The molecule has 0 bridgehead atoms. The number of rotatable bonds is 7. The number of ether oxygens (including phenoxy) is 1. The Bertz CT molecular complexity index is 656. The van der Waals surface area contributed by atoms with E-state index in [2.05, 4.69) is 16.0 Å². The van der Waals surface area contributed by atoms with Crippen LogP contribution in [0.1, 0.15) is 18.7 Å². The van der Waals surface area contributed by atoms with E-state index in [-0.39, 0.29) is 11.9 Å². The molecule has 128 valence electrons. The third-order valence-corrected chi connectivity index (χ3v) is 4.08. The van der Waals surface area contributed by atoms with Gasteiger partial charge in [0.25, 0.3) is 0 Å². The van der Waals surface area contributed by atoms with Crippen LogP contribution in [-0.4, -0.2) is 24.6 Å². The second-order valence-electron chi connectivity index (χ2n) is 5.09. The van der Waals surface area contributed by atoms with Crippen LogP contribution in [0, 0.1) is 0 Å². The monoisotopic (exact) mass is 347 g/mol. The maximum atomic E-state index is 12.1. The minimum absolute atomic E-state index is 0.0721. The average Bonchev–Trinajstić information content (AvgIpc) is 3.08. The average molecular weight is 347 g/mol. The lowest BCUT2D eigenvalue weighted by atomic mass is 10.2. The predicted molar refractivity (Wildman–Crippen MR) is 96.3 cm³/mol. The molecule has 0 radical (unpaired) electrons. The van der Waals surface area contributed by atoms with Crippen molar-refractivity contribution >= 4 is 34.7 Å². The Labute approximate surface area is 145 Å². The molecule has 0 saturated carbocycles. The van der Waals surface area contributed by atoms with E-state index < -0.39 is 6.09 Å². The van der Waals surface area contributed by atoms with Crippen LogP contribution in [0.2, 0.25) is 0 Å². The highest BCUT2D eigenvalue weighted by Gasteiger charge is 2.12. The summed E-state index contributed by atoms with van der Waals surface area (Å²) in [5.41, 5.74) is 1.43. The van der Waals surface area contributed by atoms with E-state index in [1.165, 1.54) is 0 Å². The number of benzene rings is 1. The van der Waals surface area contributed by atoms with Crippen molar-refractivity contribution in [2.45, 2.75) is 26.4 Å². The summed E-state index contributed by atoms with van der Waals surface area (Å²) in [4.78, 5) is 24.5. The molecular formula is C17H21N3O3S. The van der Waals surface area contributed by atoms with Crippen molar-refractivity contribution in [3.05, 3.63) is 46.7 Å². The molecule has 2 amide bonds. The number of amides is 2. The van der Waals surface area contributed by atoms with Gasteiger partial charge in [0.05, 0.1) is 13.2 Å². The largest absolute Gasteiger partial charge is 0.450 e. The fourth-order valence-corrected chi connectivity index (χ4v) is 2.64. The Morgan fingerprint density at radius 3 is 2.50 bits per heavy atom. The molecule has 6 nitrogen and oxygen atoms in total. The van der Waals surface area contributed by atoms with Crippen LogP contribution in [0.5, 0.6) is 0 Å². The topological polar surface area (TPSA) is 79.5 Å². The quantitative estimate of drug-likeness (QED) is 0.717. The van der Waals surface area contributed by atoms with E-state index >= 15 is 0 Å². The standard InChI is InChI=1S/C17H21N3O3S/c1-3-23-17(22)20-14-8-6-13(7-9-14)19-12(2)16(21)18-11-15-5-4-10-24-15/h4-10,12,19H,3,11H2,1-2H3,(H,18,21)(H,20,22). The first kappa shape index (κ1) is 17.8. The summed E-state index contributed by atoms with van der Waals surface area (Å²) in [5, 5.41) is 10.6. The number of anilines is 2. The highest BCUT2D eigenvalue weighted by molar-refractivity contribution is 7.09. The van der Waals surface area contributed by atoms with Gasteiger partial charge in [-0.2, -0.15) is 0 Å². The molecule has 2 rings (SSSR count). The van der Waals surface area contributed by atoms with Crippen molar-refractivity contribution in [1.82, 2.24) is 5.32 Å². The van der Waals surface area contributed by atoms with Crippen LogP contribution < -0.4 is 16.0 Å². The van der Waals surface area contributed by atoms with Crippen molar-refractivity contribution in [2.24, 2.45) is 0 Å². The molecule has 1 aromatic carbocycles. The molecule has 1 heterocycles. The van der Waals surface area contributed by atoms with Gasteiger partial charge < -0.3 is 15.4 Å². The van der Waals surface area contributed by atoms with Gasteiger partial charge in [0.2, 0.25) is 5.91 Å². The Balaban J connectivity index is 1.81. The maximum absolute atomic E-state index is 12.1. The number of hydrogen-bond acceptors (Lipinski definition) is 5. The summed E-state index contributed by atoms with van der Waals surface area (Å²) in [6, 6.07) is 10.7. The fraction of sp³-hybridized carbons (Fsp3) is 0.294. The summed E-state index contributed by atoms with van der Waals surface area (Å²) < 4.78 is 4.81. The van der Waals surface area contributed by atoms with Gasteiger partial charge in [-0.15, -0.1) is 11.3 Å². The van der Waals surface area contributed by atoms with E-state index in [1.54, 1.807) is 49.4 Å². The molecule has 0 aliphatic rings. The van der Waals surface area contributed by atoms with Crippen LogP contribution in [0.15, 0.2) is 41.8 Å². The van der Waals surface area contributed by atoms with Crippen LogP contribution in [0.3, 0.4) is 0 Å². The summed E-state index contributed by atoms with van der Waals surface area (Å²) in [5.74, 6) is -0.0721. The van der Waals surface area contributed by atoms with Gasteiger partial charge in [-0.1, -0.05) is 6.07 Å². The molecule has 3 N–H and O–H groups in total. The molecule has 1 atom stereocenters. The van der Waals surface area contributed by atoms with Crippen molar-refractivity contribution < 1.29 is 14.3 Å². The molecule has 0 saturated heterocycles. The SMILES string of the molecule is CCOC(=O)Nc1ccc(NC(C)C(=O)NCc2cccs2)cc1. The third-order valence-electron chi connectivity index (χ3n) is 3.20. The normalized spacial score (nSPS) is 11.4. The van der Waals surface area contributed by atoms with Crippen LogP contribution in [-0.2, 0) is 16.1 Å². The van der Waals surface area contributed by atoms with E-state index in [1.807, 2.05) is 17.5 Å². The molecule has 0 aliphatic heterocycles. The molecule has 1 unspecified atom stereocenters. The molecule has 0 aliphatic carbocycles. The molecule has 24 heavy (non-hydrogen) atoms. The van der Waals surface area contributed by atoms with Crippen molar-refractivity contribution in [3.63, 3.8) is 0 Å². The zero-order valence-electron chi connectivity index (χ0n) is 13.7. The minimum atomic E-state index is -0.487. The molecule has 2 aromatic rings. The first-order valence-electron chi connectivity index (χ1n) is 7.69. The number of thiophene rings is 1. The smallest absolute Gasteiger partial charge is 0.411 e. The first-order chi connectivity index (χ1) is 11.6. The molecule has 1 aromatic heterocycles. The van der Waals surface area contributed by atoms with E-state index in [0.717, 1.165) is 10.6 Å². The summed E-state index contributed by atoms with van der Waals surface area (Å²) in [6.45, 7) is 4.40. The minimum Gasteiger partial charge on any atom is -0.450 e. The number of carbonyl (C=O) groups excluding carboxylic acids is 2. The van der Waals surface area contributed by atoms with Gasteiger partial charge in [-0.05, 0) is 49.6 Å². The Hall–Kier alpha value is -2.54. The highest BCUT2D eigenvalue weighted by atomic mass is 32.1. The lowest BCUT2D eigenvalue weighted by Gasteiger charge is -2.15. The first-order valence-corrected chi connectivity index (χ1v) is 8.57. The summed E-state index contributed by atoms with van der Waals surface area (Å²) >= 11 is 1.61. The predicted octanol–water partition coefficient (Wildman–Crippen LogP) is 3.43. The fourth-order valence-electron chi connectivity index (χ4n) is 1.99. The van der Waals surface area contributed by atoms with Gasteiger partial charge in [-0.3, -0.25) is 10.1 Å². The van der Waals surface area contributed by atoms with Crippen molar-refractivity contribution in [3.8, 4) is 0 Å². The van der Waals surface area contributed by atoms with Gasteiger partial charge >= 0.3 is 6.09 Å². The number of carbonyl (C=O) groups is 2. The lowest BCUT2D eigenvalue weighted by Crippen LogP contribution is -2.37. The number of hydrogen-bond donors (Lipinski definition) is 3. The zero-order valence-corrected chi connectivity index (χ0v) is 14.5. The van der Waals surface area contributed by atoms with Gasteiger partial charge in [0.15, 0.2) is 0 Å². The van der Waals surface area contributed by atoms with Crippen molar-refractivity contribution in [2.75, 3.05) is 17.2 Å². The van der Waals surface area contributed by atoms with Crippen LogP contribution >= 0.6 is 11.3 Å². The second-order valence-corrected chi connectivity index (χ2v) is 6.12. The zero-order chi connectivity index (χ0) is 17.4. The summed E-state index contributed by atoms with van der Waals surface area (Å²) in [7, 11) is 0. The number of nitrogens with one attached hydrogen (secondary N) is 3. The Kier molecular flexibility index (Phi) is 6.62. The lowest BCUT2D eigenvalue weighted by molar-refractivity contribution is -0.121. The van der Waals surface area contributed by atoms with Gasteiger partial charge in [0, 0.05) is 16.3 Å².